The molecule has 0 radical (unpaired) electrons. The van der Waals surface area contributed by atoms with Gasteiger partial charge in [0.15, 0.2) is 0 Å². The van der Waals surface area contributed by atoms with Crippen LogP contribution >= 0.6 is 0 Å². The van der Waals surface area contributed by atoms with Crippen LogP contribution in [0.25, 0.3) is 0 Å². The van der Waals surface area contributed by atoms with Crippen LogP contribution in [0.1, 0.15) is 102 Å². The Labute approximate surface area is 188 Å². The van der Waals surface area contributed by atoms with Gasteiger partial charge >= 0.3 is 0 Å². The topological polar surface area (TPSA) is 17.1 Å². The first kappa shape index (κ1) is 24.9. The van der Waals surface area contributed by atoms with Gasteiger partial charge in [-0.05, 0) is 61.1 Å². The zero-order chi connectivity index (χ0) is 21.4. The first-order chi connectivity index (χ1) is 14.7. The van der Waals surface area contributed by atoms with Gasteiger partial charge in [0.25, 0.3) is 0 Å². The normalized spacial score (nSPS) is 11.3. The van der Waals surface area contributed by atoms with E-state index in [0.29, 0.717) is 0 Å². The van der Waals surface area contributed by atoms with E-state index < -0.39 is 10.8 Å². The van der Waals surface area contributed by atoms with Crippen molar-refractivity contribution < 1.29 is 4.21 Å². The molecule has 0 aliphatic heterocycles. The summed E-state index contributed by atoms with van der Waals surface area (Å²) in [5.74, 6) is 0. The molecule has 2 aromatic carbocycles. The van der Waals surface area contributed by atoms with Crippen molar-refractivity contribution in [1.82, 2.24) is 0 Å². The van der Waals surface area contributed by atoms with Crippen LogP contribution in [0, 0.1) is 0 Å². The SMILES string of the molecule is CCCCCCCCc1ccc(S(=O)c2ccc(CCCCCCCC)cc2)cc1. The Kier molecular flexibility index (Phi) is 12.8. The van der Waals surface area contributed by atoms with Crippen molar-refractivity contribution in [2.45, 2.75) is 114 Å². The fourth-order valence-corrected chi connectivity index (χ4v) is 4.95. The molecule has 0 fully saturated rings. The lowest BCUT2D eigenvalue weighted by Gasteiger charge is -2.07. The van der Waals surface area contributed by atoms with E-state index in [0.717, 1.165) is 22.6 Å². The molecule has 0 bridgehead atoms. The van der Waals surface area contributed by atoms with Gasteiger partial charge in [-0.3, -0.25) is 0 Å². The highest BCUT2D eigenvalue weighted by atomic mass is 32.2. The van der Waals surface area contributed by atoms with Gasteiger partial charge in [0, 0.05) is 9.79 Å². The molecular formula is C28H42OS. The van der Waals surface area contributed by atoms with E-state index in [1.165, 1.54) is 88.2 Å². The summed E-state index contributed by atoms with van der Waals surface area (Å²) in [6, 6.07) is 16.8. The zero-order valence-corrected chi connectivity index (χ0v) is 20.2. The van der Waals surface area contributed by atoms with Crippen LogP contribution in [0.15, 0.2) is 58.3 Å². The summed E-state index contributed by atoms with van der Waals surface area (Å²) in [5, 5.41) is 0. The highest BCUT2D eigenvalue weighted by Crippen LogP contribution is 2.19. The quantitative estimate of drug-likeness (QED) is 0.245. The molecule has 0 aliphatic carbocycles. The lowest BCUT2D eigenvalue weighted by molar-refractivity contribution is 0.607. The number of unbranched alkanes of at least 4 members (excludes halogenated alkanes) is 10. The third kappa shape index (κ3) is 9.60. The third-order valence-corrected chi connectivity index (χ3v) is 7.31. The summed E-state index contributed by atoms with van der Waals surface area (Å²) >= 11 is 0. The molecule has 2 aromatic rings. The standard InChI is InChI=1S/C28H42OS/c1-3-5-7-9-11-13-15-25-17-21-27(22-18-25)30(29)28-23-19-26(20-24-28)16-14-12-10-8-6-4-2/h17-24H,3-16H2,1-2H3. The number of rotatable bonds is 16. The Bertz CT molecular complexity index is 641. The Morgan fingerprint density at radius 3 is 1.20 bits per heavy atom. The summed E-state index contributed by atoms with van der Waals surface area (Å²) in [4.78, 5) is 1.82. The average molecular weight is 427 g/mol. The maximum absolute atomic E-state index is 12.9. The number of benzene rings is 2. The molecule has 0 heterocycles. The smallest absolute Gasteiger partial charge is 0.0849 e. The number of aryl methyl sites for hydroxylation is 2. The zero-order valence-electron chi connectivity index (χ0n) is 19.3. The van der Waals surface area contributed by atoms with Gasteiger partial charge in [-0.15, -0.1) is 0 Å². The second kappa shape index (κ2) is 15.4. The second-order valence-corrected chi connectivity index (χ2v) is 10.1. The van der Waals surface area contributed by atoms with E-state index >= 15 is 0 Å². The molecule has 30 heavy (non-hydrogen) atoms. The Hall–Kier alpha value is -1.41. The maximum atomic E-state index is 12.9. The highest BCUT2D eigenvalue weighted by molar-refractivity contribution is 7.85. The van der Waals surface area contributed by atoms with E-state index in [2.05, 4.69) is 38.1 Å². The second-order valence-electron chi connectivity index (χ2n) is 8.59. The first-order valence-electron chi connectivity index (χ1n) is 12.3. The van der Waals surface area contributed by atoms with Crippen molar-refractivity contribution >= 4 is 10.8 Å². The van der Waals surface area contributed by atoms with Crippen LogP contribution in [-0.2, 0) is 23.6 Å². The molecule has 2 heteroatoms. The lowest BCUT2D eigenvalue weighted by atomic mass is 10.1. The molecule has 0 atom stereocenters. The van der Waals surface area contributed by atoms with Crippen LogP contribution in [0.5, 0.6) is 0 Å². The summed E-state index contributed by atoms with van der Waals surface area (Å²) in [6.45, 7) is 4.52. The predicted molar refractivity (Wildman–Crippen MR) is 132 cm³/mol. The monoisotopic (exact) mass is 426 g/mol. The van der Waals surface area contributed by atoms with Gasteiger partial charge in [-0.2, -0.15) is 0 Å². The van der Waals surface area contributed by atoms with Gasteiger partial charge < -0.3 is 0 Å². The van der Waals surface area contributed by atoms with Crippen molar-refractivity contribution in [1.29, 1.82) is 0 Å². The fourth-order valence-electron chi connectivity index (χ4n) is 3.91. The molecular weight excluding hydrogens is 384 g/mol. The van der Waals surface area contributed by atoms with Crippen molar-refractivity contribution in [2.75, 3.05) is 0 Å². The molecule has 0 saturated heterocycles. The number of hydrogen-bond donors (Lipinski definition) is 0. The maximum Gasteiger partial charge on any atom is 0.0849 e. The molecule has 0 N–H and O–H groups in total. The third-order valence-electron chi connectivity index (χ3n) is 5.91. The van der Waals surface area contributed by atoms with Gasteiger partial charge in [0.05, 0.1) is 10.8 Å². The fraction of sp³-hybridized carbons (Fsp3) is 0.571. The highest BCUT2D eigenvalue weighted by Gasteiger charge is 2.07. The van der Waals surface area contributed by atoms with E-state index in [9.17, 15) is 4.21 Å². The average Bonchev–Trinajstić information content (AvgIpc) is 2.79. The lowest BCUT2D eigenvalue weighted by Crippen LogP contribution is -1.95. The van der Waals surface area contributed by atoms with Crippen LogP contribution in [0.2, 0.25) is 0 Å². The minimum Gasteiger partial charge on any atom is -0.249 e. The first-order valence-corrected chi connectivity index (χ1v) is 13.5. The number of hydrogen-bond acceptors (Lipinski definition) is 1. The van der Waals surface area contributed by atoms with Crippen molar-refractivity contribution in [3.05, 3.63) is 59.7 Å². The minimum atomic E-state index is -1.09. The van der Waals surface area contributed by atoms with Crippen molar-refractivity contribution in [3.8, 4) is 0 Å². The molecule has 0 aromatic heterocycles. The van der Waals surface area contributed by atoms with E-state index in [-0.39, 0.29) is 0 Å². The van der Waals surface area contributed by atoms with Crippen LogP contribution in [-0.4, -0.2) is 4.21 Å². The molecule has 166 valence electrons. The summed E-state index contributed by atoms with van der Waals surface area (Å²) < 4.78 is 12.9. The predicted octanol–water partition coefficient (Wildman–Crippen LogP) is 8.66. The minimum absolute atomic E-state index is 0.908. The summed E-state index contributed by atoms with van der Waals surface area (Å²) in [6.07, 6.45) is 18.2. The van der Waals surface area contributed by atoms with E-state index in [1.807, 2.05) is 24.3 Å². The molecule has 0 amide bonds. The molecule has 0 saturated carbocycles. The van der Waals surface area contributed by atoms with Crippen molar-refractivity contribution in [3.63, 3.8) is 0 Å². The summed E-state index contributed by atoms with van der Waals surface area (Å²) in [7, 11) is -1.09. The van der Waals surface area contributed by atoms with Gasteiger partial charge in [-0.25, -0.2) is 4.21 Å². The van der Waals surface area contributed by atoms with Crippen LogP contribution < -0.4 is 0 Å². The summed E-state index contributed by atoms with van der Waals surface area (Å²) in [5.41, 5.74) is 2.72. The molecule has 2 rings (SSSR count). The molecule has 1 nitrogen and oxygen atoms in total. The Morgan fingerprint density at radius 1 is 0.500 bits per heavy atom. The largest absolute Gasteiger partial charge is 0.249 e. The van der Waals surface area contributed by atoms with Crippen molar-refractivity contribution in [2.24, 2.45) is 0 Å². The van der Waals surface area contributed by atoms with Crippen LogP contribution in [0.4, 0.5) is 0 Å². The van der Waals surface area contributed by atoms with Gasteiger partial charge in [-0.1, -0.05) is 102 Å². The Balaban J connectivity index is 1.75. The molecule has 0 spiro atoms. The Morgan fingerprint density at radius 2 is 0.833 bits per heavy atom. The molecule has 0 aliphatic rings. The molecule has 0 unspecified atom stereocenters. The van der Waals surface area contributed by atoms with Gasteiger partial charge in [0.2, 0.25) is 0 Å². The van der Waals surface area contributed by atoms with E-state index in [4.69, 9.17) is 0 Å². The van der Waals surface area contributed by atoms with Crippen LogP contribution in [0.3, 0.4) is 0 Å². The van der Waals surface area contributed by atoms with E-state index in [1.54, 1.807) is 0 Å². The van der Waals surface area contributed by atoms with Gasteiger partial charge in [0.1, 0.15) is 0 Å².